The van der Waals surface area contributed by atoms with E-state index in [1.807, 2.05) is 38.0 Å². The fourth-order valence-corrected chi connectivity index (χ4v) is 2.82. The van der Waals surface area contributed by atoms with E-state index in [0.29, 0.717) is 0 Å². The normalized spacial score (nSPS) is 11.0. The molecule has 0 atom stereocenters. The molecule has 1 N–H and O–H groups in total. The fourth-order valence-electron chi connectivity index (χ4n) is 1.92. The van der Waals surface area contributed by atoms with Crippen LogP contribution in [0.4, 0.5) is 0 Å². The van der Waals surface area contributed by atoms with Crippen molar-refractivity contribution in [1.29, 1.82) is 0 Å². The number of hydrogen-bond acceptors (Lipinski definition) is 5. The van der Waals surface area contributed by atoms with Crippen LogP contribution < -0.4 is 5.32 Å². The van der Waals surface area contributed by atoms with Crippen LogP contribution in [0.5, 0.6) is 0 Å². The molecule has 0 aliphatic rings. The van der Waals surface area contributed by atoms with Crippen molar-refractivity contribution in [2.24, 2.45) is 7.05 Å². The van der Waals surface area contributed by atoms with Crippen LogP contribution >= 0.6 is 11.8 Å². The van der Waals surface area contributed by atoms with Gasteiger partial charge >= 0.3 is 0 Å². The molecule has 0 radical (unpaired) electrons. The van der Waals surface area contributed by atoms with Gasteiger partial charge in [0.15, 0.2) is 5.16 Å². The maximum absolute atomic E-state index is 4.50. The molecule has 0 aliphatic carbocycles. The van der Waals surface area contributed by atoms with Crippen molar-refractivity contribution < 1.29 is 0 Å². The SMILES string of the molecule is CCCNCc1c(C)nn(C)c1Sc1ncc(C)cn1. The third-order valence-electron chi connectivity index (χ3n) is 2.96. The number of nitrogens with one attached hydrogen (secondary N) is 1. The van der Waals surface area contributed by atoms with E-state index in [1.54, 1.807) is 11.8 Å². The third-order valence-corrected chi connectivity index (χ3v) is 4.06. The van der Waals surface area contributed by atoms with Crippen LogP contribution in [0.15, 0.2) is 22.6 Å². The van der Waals surface area contributed by atoms with Gasteiger partial charge in [-0.3, -0.25) is 4.68 Å². The van der Waals surface area contributed by atoms with Gasteiger partial charge in [-0.05, 0) is 44.1 Å². The summed E-state index contributed by atoms with van der Waals surface area (Å²) in [7, 11) is 1.97. The maximum atomic E-state index is 4.50. The zero-order valence-corrected chi connectivity index (χ0v) is 13.3. The smallest absolute Gasteiger partial charge is 0.193 e. The predicted octanol–water partition coefficient (Wildman–Crippen LogP) is 2.48. The maximum Gasteiger partial charge on any atom is 0.193 e. The lowest BCUT2D eigenvalue weighted by Gasteiger charge is -2.06. The van der Waals surface area contributed by atoms with Crippen LogP contribution in [-0.2, 0) is 13.6 Å². The lowest BCUT2D eigenvalue weighted by atomic mass is 10.2. The zero-order chi connectivity index (χ0) is 14.5. The summed E-state index contributed by atoms with van der Waals surface area (Å²) in [5.74, 6) is 0. The first-order chi connectivity index (χ1) is 9.61. The van der Waals surface area contributed by atoms with Gasteiger partial charge in [-0.2, -0.15) is 5.10 Å². The summed E-state index contributed by atoms with van der Waals surface area (Å²) in [6, 6.07) is 0. The molecule has 0 aliphatic heterocycles. The Balaban J connectivity index is 2.19. The molecule has 20 heavy (non-hydrogen) atoms. The summed E-state index contributed by atoms with van der Waals surface area (Å²) >= 11 is 1.57. The highest BCUT2D eigenvalue weighted by atomic mass is 32.2. The molecule has 5 nitrogen and oxygen atoms in total. The first-order valence-electron chi connectivity index (χ1n) is 6.81. The highest BCUT2D eigenvalue weighted by Gasteiger charge is 2.15. The molecule has 0 aromatic carbocycles. The van der Waals surface area contributed by atoms with Gasteiger partial charge in [0.2, 0.25) is 0 Å². The van der Waals surface area contributed by atoms with Crippen molar-refractivity contribution in [2.75, 3.05) is 6.54 Å². The summed E-state index contributed by atoms with van der Waals surface area (Å²) in [5.41, 5.74) is 3.36. The fraction of sp³-hybridized carbons (Fsp3) is 0.500. The van der Waals surface area contributed by atoms with Gasteiger partial charge in [-0.1, -0.05) is 6.92 Å². The van der Waals surface area contributed by atoms with Crippen LogP contribution in [0.3, 0.4) is 0 Å². The highest BCUT2D eigenvalue weighted by molar-refractivity contribution is 7.99. The Bertz CT molecular complexity index is 562. The van der Waals surface area contributed by atoms with Gasteiger partial charge in [0.05, 0.1) is 5.69 Å². The van der Waals surface area contributed by atoms with Gasteiger partial charge in [-0.25, -0.2) is 9.97 Å². The average molecular weight is 291 g/mol. The van der Waals surface area contributed by atoms with E-state index in [0.717, 1.165) is 41.0 Å². The molecule has 2 heterocycles. The summed E-state index contributed by atoms with van der Waals surface area (Å²) in [6.07, 6.45) is 4.81. The molecule has 0 fully saturated rings. The Morgan fingerprint density at radius 1 is 1.25 bits per heavy atom. The largest absolute Gasteiger partial charge is 0.313 e. The van der Waals surface area contributed by atoms with Crippen molar-refractivity contribution in [1.82, 2.24) is 25.1 Å². The van der Waals surface area contributed by atoms with Gasteiger partial charge in [0.1, 0.15) is 5.03 Å². The lowest BCUT2D eigenvalue weighted by molar-refractivity contribution is 0.652. The number of aromatic nitrogens is 4. The van der Waals surface area contributed by atoms with E-state index in [4.69, 9.17) is 0 Å². The standard InChI is InChI=1S/C14H21N5S/c1-5-6-15-9-12-11(3)18-19(4)13(12)20-14-16-7-10(2)8-17-14/h7-8,15H,5-6,9H2,1-4H3. The number of aryl methyl sites for hydroxylation is 3. The Kier molecular flexibility index (Phi) is 5.14. The van der Waals surface area contributed by atoms with Crippen molar-refractivity contribution in [3.8, 4) is 0 Å². The van der Waals surface area contributed by atoms with Crippen LogP contribution in [-0.4, -0.2) is 26.3 Å². The number of nitrogens with zero attached hydrogens (tertiary/aromatic N) is 4. The molecule has 0 spiro atoms. The van der Waals surface area contributed by atoms with E-state index in [9.17, 15) is 0 Å². The molecule has 0 amide bonds. The van der Waals surface area contributed by atoms with Crippen LogP contribution in [0, 0.1) is 13.8 Å². The minimum atomic E-state index is 0.760. The van der Waals surface area contributed by atoms with E-state index >= 15 is 0 Å². The Morgan fingerprint density at radius 3 is 2.60 bits per heavy atom. The number of hydrogen-bond donors (Lipinski definition) is 1. The first-order valence-corrected chi connectivity index (χ1v) is 7.63. The average Bonchev–Trinajstić information content (AvgIpc) is 2.68. The molecule has 0 bridgehead atoms. The Labute approximate surface area is 124 Å². The minimum Gasteiger partial charge on any atom is -0.313 e. The van der Waals surface area contributed by atoms with Gasteiger partial charge < -0.3 is 5.32 Å². The van der Waals surface area contributed by atoms with E-state index in [-0.39, 0.29) is 0 Å². The van der Waals surface area contributed by atoms with Gasteiger partial charge in [-0.15, -0.1) is 0 Å². The van der Waals surface area contributed by atoms with Crippen LogP contribution in [0.25, 0.3) is 0 Å². The second-order valence-electron chi connectivity index (χ2n) is 4.81. The molecule has 2 aromatic rings. The summed E-state index contributed by atoms with van der Waals surface area (Å²) in [4.78, 5) is 8.70. The second kappa shape index (κ2) is 6.85. The number of rotatable bonds is 6. The zero-order valence-electron chi connectivity index (χ0n) is 12.5. The quantitative estimate of drug-likeness (QED) is 0.654. The minimum absolute atomic E-state index is 0.760. The Hall–Kier alpha value is -1.40. The van der Waals surface area contributed by atoms with E-state index < -0.39 is 0 Å². The topological polar surface area (TPSA) is 55.6 Å². The van der Waals surface area contributed by atoms with Crippen molar-refractivity contribution in [3.63, 3.8) is 0 Å². The molecule has 0 saturated heterocycles. The molecule has 6 heteroatoms. The predicted molar refractivity (Wildman–Crippen MR) is 80.8 cm³/mol. The van der Waals surface area contributed by atoms with Gasteiger partial charge in [0, 0.05) is 31.5 Å². The molecular weight excluding hydrogens is 270 g/mol. The molecule has 0 unspecified atom stereocenters. The summed E-state index contributed by atoms with van der Waals surface area (Å²) in [6.45, 7) is 8.05. The van der Waals surface area contributed by atoms with E-state index in [2.05, 4.69) is 27.3 Å². The molecule has 2 aromatic heterocycles. The van der Waals surface area contributed by atoms with Gasteiger partial charge in [0.25, 0.3) is 0 Å². The Morgan fingerprint density at radius 2 is 1.95 bits per heavy atom. The monoisotopic (exact) mass is 291 g/mol. The summed E-state index contributed by atoms with van der Waals surface area (Å²) < 4.78 is 1.91. The lowest BCUT2D eigenvalue weighted by Crippen LogP contribution is -2.14. The van der Waals surface area contributed by atoms with Crippen molar-refractivity contribution in [2.45, 2.75) is 43.9 Å². The summed E-state index contributed by atoms with van der Waals surface area (Å²) in [5, 5.41) is 9.80. The second-order valence-corrected chi connectivity index (χ2v) is 5.77. The highest BCUT2D eigenvalue weighted by Crippen LogP contribution is 2.29. The van der Waals surface area contributed by atoms with E-state index in [1.165, 1.54) is 5.56 Å². The molecule has 108 valence electrons. The van der Waals surface area contributed by atoms with Crippen molar-refractivity contribution >= 4 is 11.8 Å². The molecular formula is C14H21N5S. The first kappa shape index (κ1) is 15.0. The molecule has 2 rings (SSSR count). The van der Waals surface area contributed by atoms with Crippen LogP contribution in [0.2, 0.25) is 0 Å². The third kappa shape index (κ3) is 3.58. The molecule has 0 saturated carbocycles. The van der Waals surface area contributed by atoms with Crippen LogP contribution in [0.1, 0.15) is 30.2 Å². The van der Waals surface area contributed by atoms with Crippen molar-refractivity contribution in [3.05, 3.63) is 29.2 Å².